The minimum Gasteiger partial charge on any atom is -0.455 e. The highest BCUT2D eigenvalue weighted by Crippen LogP contribution is 2.30. The third-order valence-corrected chi connectivity index (χ3v) is 3.04. The van der Waals surface area contributed by atoms with E-state index in [1.807, 2.05) is 0 Å². The van der Waals surface area contributed by atoms with Gasteiger partial charge in [-0.1, -0.05) is 0 Å². The van der Waals surface area contributed by atoms with E-state index in [1.54, 1.807) is 13.8 Å². The van der Waals surface area contributed by atoms with Crippen LogP contribution in [0.2, 0.25) is 0 Å². The summed E-state index contributed by atoms with van der Waals surface area (Å²) in [5.74, 6) is -4.71. The summed E-state index contributed by atoms with van der Waals surface area (Å²) in [6.45, 7) is 5.65. The summed E-state index contributed by atoms with van der Waals surface area (Å²) in [6, 6.07) is 0. The normalized spacial score (nSPS) is 19.6. The lowest BCUT2D eigenvalue weighted by molar-refractivity contribution is -0.188. The van der Waals surface area contributed by atoms with Crippen molar-refractivity contribution in [3.05, 3.63) is 0 Å². The highest BCUT2D eigenvalue weighted by atomic mass is 19.3. The average Bonchev–Trinajstić information content (AvgIpc) is 2.17. The first-order chi connectivity index (χ1) is 7.23. The van der Waals surface area contributed by atoms with E-state index in [4.69, 9.17) is 4.74 Å². The van der Waals surface area contributed by atoms with Gasteiger partial charge in [0.25, 0.3) is 0 Å². The maximum Gasteiger partial charge on any atom is 0.377 e. The zero-order chi connectivity index (χ0) is 12.4. The Hall–Kier alpha value is -0.710. The summed E-state index contributed by atoms with van der Waals surface area (Å²) in [4.78, 5) is 11.1. The van der Waals surface area contributed by atoms with Crippen LogP contribution in [0.4, 0.5) is 8.78 Å². The second-order valence-electron chi connectivity index (χ2n) is 4.91. The molecule has 1 heterocycles. The highest BCUT2D eigenvalue weighted by molar-refractivity contribution is 5.77. The van der Waals surface area contributed by atoms with Crippen molar-refractivity contribution in [3.8, 4) is 0 Å². The molecular weight excluding hydrogens is 216 g/mol. The Morgan fingerprint density at radius 1 is 1.25 bits per heavy atom. The number of hydrogen-bond donors (Lipinski definition) is 1. The third-order valence-electron chi connectivity index (χ3n) is 3.04. The van der Waals surface area contributed by atoms with Crippen LogP contribution in [0.3, 0.4) is 0 Å². The topological polar surface area (TPSA) is 38.3 Å². The van der Waals surface area contributed by atoms with Crippen LogP contribution in [0.25, 0.3) is 0 Å². The fraction of sp³-hybridized carbons (Fsp3) is 0.909. The fourth-order valence-electron chi connectivity index (χ4n) is 1.93. The average molecular weight is 235 g/mol. The molecule has 0 saturated carbocycles. The van der Waals surface area contributed by atoms with Crippen molar-refractivity contribution in [1.29, 1.82) is 0 Å². The van der Waals surface area contributed by atoms with Gasteiger partial charge in [0, 0.05) is 12.8 Å². The Bertz CT molecular complexity index is 255. The van der Waals surface area contributed by atoms with Gasteiger partial charge in [0.05, 0.1) is 0 Å². The number of halogens is 2. The van der Waals surface area contributed by atoms with Crippen LogP contribution in [-0.2, 0) is 9.53 Å². The first-order valence-electron chi connectivity index (χ1n) is 5.55. The summed E-state index contributed by atoms with van der Waals surface area (Å²) in [5.41, 5.74) is -0.821. The van der Waals surface area contributed by atoms with E-state index in [0.29, 0.717) is 6.92 Å². The monoisotopic (exact) mass is 235 g/mol. The summed E-state index contributed by atoms with van der Waals surface area (Å²) < 4.78 is 30.4. The number of esters is 1. The number of carbonyl (C=O) groups is 1. The lowest BCUT2D eigenvalue weighted by Gasteiger charge is -2.37. The van der Waals surface area contributed by atoms with Crippen molar-refractivity contribution in [2.75, 3.05) is 13.1 Å². The molecule has 0 aromatic carbocycles. The molecule has 0 bridgehead atoms. The Morgan fingerprint density at radius 2 is 1.75 bits per heavy atom. The minimum atomic E-state index is -3.41. The number of piperidine rings is 1. The summed E-state index contributed by atoms with van der Waals surface area (Å²) in [6.07, 6.45) is 1.69. The van der Waals surface area contributed by atoms with Gasteiger partial charge in [0.2, 0.25) is 0 Å². The molecule has 0 unspecified atom stereocenters. The van der Waals surface area contributed by atoms with Gasteiger partial charge in [0.15, 0.2) is 0 Å². The molecule has 1 aliphatic heterocycles. The first kappa shape index (κ1) is 13.4. The van der Waals surface area contributed by atoms with Crippen molar-refractivity contribution in [2.45, 2.75) is 45.1 Å². The van der Waals surface area contributed by atoms with Gasteiger partial charge in [-0.2, -0.15) is 8.78 Å². The first-order valence-corrected chi connectivity index (χ1v) is 5.55. The lowest BCUT2D eigenvalue weighted by atomic mass is 9.83. The van der Waals surface area contributed by atoms with Crippen LogP contribution in [0.1, 0.15) is 33.6 Å². The number of carbonyl (C=O) groups excluding carboxylic acids is 1. The smallest absolute Gasteiger partial charge is 0.377 e. The van der Waals surface area contributed by atoms with Crippen LogP contribution in [0, 0.1) is 5.92 Å². The van der Waals surface area contributed by atoms with Crippen molar-refractivity contribution < 1.29 is 18.3 Å². The van der Waals surface area contributed by atoms with E-state index in [-0.39, 0.29) is 5.92 Å². The van der Waals surface area contributed by atoms with Gasteiger partial charge in [-0.15, -0.1) is 0 Å². The molecule has 0 radical (unpaired) electrons. The van der Waals surface area contributed by atoms with E-state index in [1.165, 1.54) is 0 Å². The van der Waals surface area contributed by atoms with Crippen LogP contribution >= 0.6 is 0 Å². The van der Waals surface area contributed by atoms with Gasteiger partial charge < -0.3 is 10.1 Å². The molecule has 1 N–H and O–H groups in total. The van der Waals surface area contributed by atoms with Gasteiger partial charge in [-0.3, -0.25) is 0 Å². The number of rotatable bonds is 3. The lowest BCUT2D eigenvalue weighted by Crippen LogP contribution is -2.45. The Balaban J connectivity index is 2.59. The van der Waals surface area contributed by atoms with Crippen molar-refractivity contribution in [3.63, 3.8) is 0 Å². The maximum atomic E-state index is 12.7. The minimum absolute atomic E-state index is 0.139. The van der Waals surface area contributed by atoms with Crippen molar-refractivity contribution in [2.24, 2.45) is 5.92 Å². The molecule has 5 heteroatoms. The molecule has 0 atom stereocenters. The predicted molar refractivity (Wildman–Crippen MR) is 56.4 cm³/mol. The molecule has 16 heavy (non-hydrogen) atoms. The van der Waals surface area contributed by atoms with E-state index in [2.05, 4.69) is 5.32 Å². The van der Waals surface area contributed by atoms with Crippen LogP contribution in [-0.4, -0.2) is 30.6 Å². The van der Waals surface area contributed by atoms with Crippen molar-refractivity contribution in [1.82, 2.24) is 5.32 Å². The van der Waals surface area contributed by atoms with E-state index >= 15 is 0 Å². The number of ether oxygens (including phenoxy) is 1. The Labute approximate surface area is 94.5 Å². The zero-order valence-corrected chi connectivity index (χ0v) is 9.98. The number of nitrogens with one attached hydrogen (secondary N) is 1. The van der Waals surface area contributed by atoms with Crippen molar-refractivity contribution >= 4 is 5.97 Å². The summed E-state index contributed by atoms with van der Waals surface area (Å²) in [5, 5.41) is 3.18. The van der Waals surface area contributed by atoms with Crippen LogP contribution in [0.5, 0.6) is 0 Å². The van der Waals surface area contributed by atoms with E-state index in [0.717, 1.165) is 25.9 Å². The van der Waals surface area contributed by atoms with Gasteiger partial charge in [0.1, 0.15) is 5.60 Å². The molecule has 0 aromatic rings. The Kier molecular flexibility index (Phi) is 3.88. The molecule has 0 aliphatic carbocycles. The summed E-state index contributed by atoms with van der Waals surface area (Å²) in [7, 11) is 0. The second-order valence-corrected chi connectivity index (χ2v) is 4.91. The molecule has 1 saturated heterocycles. The number of hydrogen-bond acceptors (Lipinski definition) is 3. The van der Waals surface area contributed by atoms with Crippen LogP contribution in [0.15, 0.2) is 0 Å². The molecular formula is C11H19F2NO2. The SMILES string of the molecule is CC(F)(F)C(=O)OC(C)(C)C1CCNCC1. The molecule has 0 aromatic heterocycles. The van der Waals surface area contributed by atoms with Gasteiger partial charge in [-0.05, 0) is 39.8 Å². The second kappa shape index (κ2) is 4.65. The Morgan fingerprint density at radius 3 is 2.19 bits per heavy atom. The fourth-order valence-corrected chi connectivity index (χ4v) is 1.93. The third kappa shape index (κ3) is 3.40. The van der Waals surface area contributed by atoms with E-state index < -0.39 is 17.5 Å². The predicted octanol–water partition coefficient (Wildman–Crippen LogP) is 1.96. The zero-order valence-electron chi connectivity index (χ0n) is 9.98. The molecule has 1 rings (SSSR count). The van der Waals surface area contributed by atoms with Crippen LogP contribution < -0.4 is 5.32 Å². The largest absolute Gasteiger partial charge is 0.455 e. The van der Waals surface area contributed by atoms with Gasteiger partial charge in [-0.25, -0.2) is 4.79 Å². The molecule has 0 amide bonds. The molecule has 94 valence electrons. The molecule has 3 nitrogen and oxygen atoms in total. The molecule has 1 aliphatic rings. The standard InChI is InChI=1S/C11H19F2NO2/c1-10(2,8-4-6-14-7-5-8)16-9(15)11(3,12)13/h8,14H,4-7H2,1-3H3. The highest BCUT2D eigenvalue weighted by Gasteiger charge is 2.41. The van der Waals surface area contributed by atoms with E-state index in [9.17, 15) is 13.6 Å². The summed E-state index contributed by atoms with van der Waals surface area (Å²) >= 11 is 0. The molecule has 0 spiro atoms. The maximum absolute atomic E-state index is 12.7. The van der Waals surface area contributed by atoms with Gasteiger partial charge >= 0.3 is 11.9 Å². The molecule has 1 fully saturated rings. The quantitative estimate of drug-likeness (QED) is 0.760. The number of alkyl halides is 2.